The smallest absolute Gasteiger partial charge is 0.0540 e. The highest BCUT2D eigenvalue weighted by Crippen LogP contribution is 2.63. The van der Waals surface area contributed by atoms with Crippen LogP contribution >= 0.6 is 0 Å². The molecule has 1 N–H and O–H groups in total. The van der Waals surface area contributed by atoms with E-state index in [0.717, 1.165) is 42.4 Å². The van der Waals surface area contributed by atoms with Gasteiger partial charge < -0.3 is 5.11 Å². The molecule has 2 bridgehead atoms. The Hall–Kier alpha value is -0.0400. The van der Waals surface area contributed by atoms with Crippen molar-refractivity contribution in [2.45, 2.75) is 65.4 Å². The second-order valence-electron chi connectivity index (χ2n) is 7.67. The summed E-state index contributed by atoms with van der Waals surface area (Å²) in [5.74, 6) is 4.83. The van der Waals surface area contributed by atoms with Crippen LogP contribution in [0.1, 0.15) is 59.3 Å². The maximum absolute atomic E-state index is 9.64. The lowest BCUT2D eigenvalue weighted by atomic mass is 9.62. The maximum atomic E-state index is 9.64. The van der Waals surface area contributed by atoms with Crippen molar-refractivity contribution >= 4 is 0 Å². The SMILES string of the molecule is C[C@H]1[C@H]2C[C@@H](C[C@@H]2C2CCC(O)CC2)C1(C)C. The van der Waals surface area contributed by atoms with E-state index in [0.29, 0.717) is 5.41 Å². The predicted molar refractivity (Wildman–Crippen MR) is 70.6 cm³/mol. The molecule has 0 radical (unpaired) electrons. The molecule has 0 aromatic rings. The Kier molecular flexibility index (Phi) is 2.81. The van der Waals surface area contributed by atoms with Crippen molar-refractivity contribution in [1.82, 2.24) is 0 Å². The average Bonchev–Trinajstić information content (AvgIpc) is 2.81. The van der Waals surface area contributed by atoms with E-state index in [1.54, 1.807) is 0 Å². The molecule has 3 rings (SSSR count). The number of hydrogen-bond acceptors (Lipinski definition) is 1. The number of fused-ring (bicyclic) bond motifs is 2. The molecule has 0 unspecified atom stereocenters. The van der Waals surface area contributed by atoms with Crippen LogP contribution in [-0.4, -0.2) is 11.2 Å². The molecule has 17 heavy (non-hydrogen) atoms. The van der Waals surface area contributed by atoms with Crippen LogP contribution in [0.4, 0.5) is 0 Å². The monoisotopic (exact) mass is 236 g/mol. The van der Waals surface area contributed by atoms with Crippen LogP contribution in [0.2, 0.25) is 0 Å². The lowest BCUT2D eigenvalue weighted by Crippen LogP contribution is -2.37. The van der Waals surface area contributed by atoms with Crippen molar-refractivity contribution in [2.24, 2.45) is 35.0 Å². The van der Waals surface area contributed by atoms with E-state index < -0.39 is 0 Å². The number of aliphatic hydroxyl groups excluding tert-OH is 1. The van der Waals surface area contributed by atoms with Gasteiger partial charge in [0, 0.05) is 0 Å². The Bertz CT molecular complexity index is 284. The van der Waals surface area contributed by atoms with Gasteiger partial charge in [-0.25, -0.2) is 0 Å². The highest BCUT2D eigenvalue weighted by Gasteiger charge is 2.56. The molecule has 0 aliphatic heterocycles. The Labute approximate surface area is 106 Å². The first kappa shape index (κ1) is 12.0. The molecule has 0 aromatic heterocycles. The summed E-state index contributed by atoms with van der Waals surface area (Å²) in [6, 6.07) is 0. The van der Waals surface area contributed by atoms with Crippen LogP contribution in [0, 0.1) is 35.0 Å². The van der Waals surface area contributed by atoms with Gasteiger partial charge in [0.1, 0.15) is 0 Å². The van der Waals surface area contributed by atoms with Crippen molar-refractivity contribution < 1.29 is 5.11 Å². The van der Waals surface area contributed by atoms with Gasteiger partial charge in [-0.3, -0.25) is 0 Å². The van der Waals surface area contributed by atoms with Gasteiger partial charge in [-0.1, -0.05) is 20.8 Å². The van der Waals surface area contributed by atoms with Gasteiger partial charge >= 0.3 is 0 Å². The van der Waals surface area contributed by atoms with E-state index in [1.807, 2.05) is 0 Å². The van der Waals surface area contributed by atoms with Crippen molar-refractivity contribution in [3.63, 3.8) is 0 Å². The summed E-state index contributed by atoms with van der Waals surface area (Å²) in [6.45, 7) is 7.47. The first-order valence-electron chi connectivity index (χ1n) is 7.68. The minimum atomic E-state index is 0.0127. The van der Waals surface area contributed by atoms with Crippen molar-refractivity contribution in [3.05, 3.63) is 0 Å². The van der Waals surface area contributed by atoms with E-state index in [2.05, 4.69) is 20.8 Å². The Morgan fingerprint density at radius 2 is 1.53 bits per heavy atom. The van der Waals surface area contributed by atoms with Crippen molar-refractivity contribution in [2.75, 3.05) is 0 Å². The van der Waals surface area contributed by atoms with Crippen molar-refractivity contribution in [1.29, 1.82) is 0 Å². The molecule has 0 heterocycles. The zero-order chi connectivity index (χ0) is 12.2. The molecule has 98 valence electrons. The fraction of sp³-hybridized carbons (Fsp3) is 1.00. The first-order chi connectivity index (χ1) is 8.00. The summed E-state index contributed by atoms with van der Waals surface area (Å²) in [7, 11) is 0. The molecule has 3 saturated carbocycles. The van der Waals surface area contributed by atoms with E-state index >= 15 is 0 Å². The summed E-state index contributed by atoms with van der Waals surface area (Å²) < 4.78 is 0. The fourth-order valence-electron chi connectivity index (χ4n) is 5.28. The van der Waals surface area contributed by atoms with Crippen LogP contribution in [0.15, 0.2) is 0 Å². The highest BCUT2D eigenvalue weighted by molar-refractivity contribution is 5.05. The summed E-state index contributed by atoms with van der Waals surface area (Å²) >= 11 is 0. The van der Waals surface area contributed by atoms with E-state index in [4.69, 9.17) is 0 Å². The van der Waals surface area contributed by atoms with Crippen LogP contribution in [-0.2, 0) is 0 Å². The highest BCUT2D eigenvalue weighted by atomic mass is 16.3. The number of rotatable bonds is 1. The van der Waals surface area contributed by atoms with Crippen LogP contribution in [0.5, 0.6) is 0 Å². The maximum Gasteiger partial charge on any atom is 0.0540 e. The molecule has 0 spiro atoms. The quantitative estimate of drug-likeness (QED) is 0.733. The first-order valence-corrected chi connectivity index (χ1v) is 7.68. The molecule has 0 aromatic carbocycles. The number of hydrogen-bond donors (Lipinski definition) is 1. The fourth-order valence-corrected chi connectivity index (χ4v) is 5.28. The summed E-state index contributed by atoms with van der Waals surface area (Å²) in [4.78, 5) is 0. The molecular weight excluding hydrogens is 208 g/mol. The van der Waals surface area contributed by atoms with E-state index in [-0.39, 0.29) is 6.10 Å². The van der Waals surface area contributed by atoms with Gasteiger partial charge in [-0.2, -0.15) is 0 Å². The normalized spacial score (nSPS) is 52.9. The summed E-state index contributed by atoms with van der Waals surface area (Å²) in [5.41, 5.74) is 0.593. The van der Waals surface area contributed by atoms with Crippen molar-refractivity contribution in [3.8, 4) is 0 Å². The lowest BCUT2D eigenvalue weighted by molar-refractivity contribution is 0.0336. The zero-order valence-electron chi connectivity index (χ0n) is 11.7. The van der Waals surface area contributed by atoms with Crippen LogP contribution in [0.3, 0.4) is 0 Å². The molecule has 3 fully saturated rings. The minimum absolute atomic E-state index is 0.0127. The minimum Gasteiger partial charge on any atom is -0.393 e. The Morgan fingerprint density at radius 1 is 0.941 bits per heavy atom. The van der Waals surface area contributed by atoms with Gasteiger partial charge in [0.2, 0.25) is 0 Å². The second-order valence-corrected chi connectivity index (χ2v) is 7.67. The van der Waals surface area contributed by atoms with Crippen LogP contribution < -0.4 is 0 Å². The second kappa shape index (κ2) is 3.98. The van der Waals surface area contributed by atoms with Crippen LogP contribution in [0.25, 0.3) is 0 Å². The zero-order valence-corrected chi connectivity index (χ0v) is 11.7. The third kappa shape index (κ3) is 1.77. The molecule has 0 saturated heterocycles. The Morgan fingerprint density at radius 3 is 2.06 bits per heavy atom. The number of aliphatic hydroxyl groups is 1. The topological polar surface area (TPSA) is 20.2 Å². The molecule has 3 aliphatic carbocycles. The predicted octanol–water partition coefficient (Wildman–Crippen LogP) is 3.86. The standard InChI is InChI=1S/C16H28O/c1-10-14-8-12(16(10,2)3)9-15(14)11-4-6-13(17)7-5-11/h10-15,17H,4-9H2,1-3H3/t10-,11?,12-,13?,14+,15+/m0/s1. The average molecular weight is 236 g/mol. The molecular formula is C16H28O. The van der Waals surface area contributed by atoms with Gasteiger partial charge in [-0.15, -0.1) is 0 Å². The van der Waals surface area contributed by atoms with E-state index in [1.165, 1.54) is 25.7 Å². The Balaban J connectivity index is 1.68. The van der Waals surface area contributed by atoms with Gasteiger partial charge in [0.15, 0.2) is 0 Å². The largest absolute Gasteiger partial charge is 0.393 e. The summed E-state index contributed by atoms with van der Waals surface area (Å²) in [6.07, 6.45) is 7.72. The third-order valence-electron chi connectivity index (χ3n) is 6.88. The molecule has 0 amide bonds. The lowest BCUT2D eigenvalue weighted by Gasteiger charge is -2.44. The van der Waals surface area contributed by atoms with Gasteiger partial charge in [0.05, 0.1) is 6.10 Å². The van der Waals surface area contributed by atoms with Gasteiger partial charge in [0.25, 0.3) is 0 Å². The third-order valence-corrected chi connectivity index (χ3v) is 6.88. The summed E-state index contributed by atoms with van der Waals surface area (Å²) in [5, 5.41) is 9.64. The van der Waals surface area contributed by atoms with E-state index in [9.17, 15) is 5.11 Å². The molecule has 1 nitrogen and oxygen atoms in total. The molecule has 3 aliphatic rings. The van der Waals surface area contributed by atoms with Gasteiger partial charge in [-0.05, 0) is 73.5 Å². The molecule has 4 atom stereocenters. The molecule has 1 heteroatoms.